The Kier molecular flexibility index (Phi) is 5.56. The standard InChI is InChI=1S/C11H21NOS/c1-10-9-12(7-5-11(10)13)6-3-4-8-14-2/h10H,3-9H2,1-2H3. The molecule has 1 heterocycles. The highest BCUT2D eigenvalue weighted by Crippen LogP contribution is 2.13. The predicted octanol–water partition coefficient (Wildman–Crippen LogP) is 2.04. The van der Waals surface area contributed by atoms with Crippen LogP contribution in [0.1, 0.15) is 26.2 Å². The number of carbonyl (C=O) groups is 1. The molecule has 14 heavy (non-hydrogen) atoms. The smallest absolute Gasteiger partial charge is 0.138 e. The van der Waals surface area contributed by atoms with Crippen molar-refractivity contribution in [2.45, 2.75) is 26.2 Å². The van der Waals surface area contributed by atoms with Gasteiger partial charge in [-0.15, -0.1) is 0 Å². The Morgan fingerprint density at radius 3 is 2.93 bits per heavy atom. The Morgan fingerprint density at radius 2 is 2.29 bits per heavy atom. The van der Waals surface area contributed by atoms with Crippen molar-refractivity contribution in [3.8, 4) is 0 Å². The van der Waals surface area contributed by atoms with Crippen molar-refractivity contribution in [2.75, 3.05) is 31.6 Å². The summed E-state index contributed by atoms with van der Waals surface area (Å²) in [6, 6.07) is 0. The molecule has 0 amide bonds. The van der Waals surface area contributed by atoms with E-state index in [2.05, 4.69) is 18.1 Å². The van der Waals surface area contributed by atoms with Gasteiger partial charge in [0, 0.05) is 25.4 Å². The average Bonchev–Trinajstić information content (AvgIpc) is 2.18. The Hall–Kier alpha value is -0.0200. The minimum absolute atomic E-state index is 0.268. The Labute approximate surface area is 91.4 Å². The second-order valence-corrected chi connectivity index (χ2v) is 5.10. The molecule has 0 saturated carbocycles. The van der Waals surface area contributed by atoms with Crippen molar-refractivity contribution in [2.24, 2.45) is 5.92 Å². The van der Waals surface area contributed by atoms with Gasteiger partial charge in [-0.05, 0) is 31.4 Å². The minimum atomic E-state index is 0.268. The van der Waals surface area contributed by atoms with Crippen LogP contribution in [0.15, 0.2) is 0 Å². The molecule has 1 aliphatic heterocycles. The van der Waals surface area contributed by atoms with E-state index in [9.17, 15) is 4.79 Å². The number of thioether (sulfide) groups is 1. The third-order valence-electron chi connectivity index (χ3n) is 2.83. The van der Waals surface area contributed by atoms with E-state index in [0.29, 0.717) is 5.78 Å². The lowest BCUT2D eigenvalue weighted by atomic mass is 9.98. The summed E-state index contributed by atoms with van der Waals surface area (Å²) in [4.78, 5) is 13.7. The van der Waals surface area contributed by atoms with Crippen LogP contribution in [-0.2, 0) is 4.79 Å². The zero-order valence-electron chi connectivity index (χ0n) is 9.29. The van der Waals surface area contributed by atoms with E-state index in [-0.39, 0.29) is 5.92 Å². The largest absolute Gasteiger partial charge is 0.302 e. The Morgan fingerprint density at radius 1 is 1.50 bits per heavy atom. The van der Waals surface area contributed by atoms with E-state index in [0.717, 1.165) is 19.5 Å². The third kappa shape index (κ3) is 4.01. The zero-order valence-corrected chi connectivity index (χ0v) is 10.1. The highest BCUT2D eigenvalue weighted by molar-refractivity contribution is 7.98. The van der Waals surface area contributed by atoms with Gasteiger partial charge in [0.25, 0.3) is 0 Å². The summed E-state index contributed by atoms with van der Waals surface area (Å²) in [6.45, 7) is 5.20. The van der Waals surface area contributed by atoms with Gasteiger partial charge < -0.3 is 4.90 Å². The molecule has 0 bridgehead atoms. The number of hydrogen-bond acceptors (Lipinski definition) is 3. The lowest BCUT2D eigenvalue weighted by molar-refractivity contribution is -0.125. The van der Waals surface area contributed by atoms with E-state index < -0.39 is 0 Å². The first-order chi connectivity index (χ1) is 6.74. The van der Waals surface area contributed by atoms with Gasteiger partial charge in [0.05, 0.1) is 0 Å². The summed E-state index contributed by atoms with van der Waals surface area (Å²) in [5.41, 5.74) is 0. The molecule has 0 aromatic carbocycles. The second-order valence-electron chi connectivity index (χ2n) is 4.12. The highest BCUT2D eigenvalue weighted by atomic mass is 32.2. The van der Waals surface area contributed by atoms with Gasteiger partial charge in [0.2, 0.25) is 0 Å². The number of Topliss-reactive ketones (excluding diaryl/α,β-unsaturated/α-hetero) is 1. The third-order valence-corrected chi connectivity index (χ3v) is 3.53. The fourth-order valence-electron chi connectivity index (χ4n) is 1.88. The van der Waals surface area contributed by atoms with Gasteiger partial charge in [-0.2, -0.15) is 11.8 Å². The number of hydrogen-bond donors (Lipinski definition) is 0. The van der Waals surface area contributed by atoms with Gasteiger partial charge in [0.1, 0.15) is 5.78 Å². The average molecular weight is 215 g/mol. The molecule has 1 rings (SSSR count). The van der Waals surface area contributed by atoms with Crippen molar-refractivity contribution in [1.29, 1.82) is 0 Å². The molecule has 0 aromatic heterocycles. The molecule has 3 heteroatoms. The molecule has 82 valence electrons. The van der Waals surface area contributed by atoms with Crippen LogP contribution in [0.25, 0.3) is 0 Å². The number of carbonyl (C=O) groups excluding carboxylic acids is 1. The van der Waals surface area contributed by atoms with E-state index >= 15 is 0 Å². The van der Waals surface area contributed by atoms with Crippen molar-refractivity contribution in [3.05, 3.63) is 0 Å². The number of unbranched alkanes of at least 4 members (excludes halogenated alkanes) is 1. The molecule has 0 spiro atoms. The number of likely N-dealkylation sites (tertiary alicyclic amines) is 1. The van der Waals surface area contributed by atoms with Crippen LogP contribution in [0, 0.1) is 5.92 Å². The molecule has 1 fully saturated rings. The highest BCUT2D eigenvalue weighted by Gasteiger charge is 2.22. The number of nitrogens with zero attached hydrogens (tertiary/aromatic N) is 1. The first-order valence-electron chi connectivity index (χ1n) is 5.48. The summed E-state index contributed by atoms with van der Waals surface area (Å²) in [6.07, 6.45) is 5.51. The topological polar surface area (TPSA) is 20.3 Å². The lowest BCUT2D eigenvalue weighted by Gasteiger charge is -2.29. The number of piperidine rings is 1. The van der Waals surface area contributed by atoms with Crippen LogP contribution in [0.4, 0.5) is 0 Å². The molecule has 0 aromatic rings. The predicted molar refractivity (Wildman–Crippen MR) is 62.8 cm³/mol. The molecule has 2 nitrogen and oxygen atoms in total. The minimum Gasteiger partial charge on any atom is -0.302 e. The quantitative estimate of drug-likeness (QED) is 0.655. The van der Waals surface area contributed by atoms with Crippen LogP contribution in [0.2, 0.25) is 0 Å². The maximum absolute atomic E-state index is 11.3. The molecular formula is C11H21NOS. The number of ketones is 1. The van der Waals surface area contributed by atoms with Crippen LogP contribution >= 0.6 is 11.8 Å². The summed E-state index contributed by atoms with van der Waals surface area (Å²) < 4.78 is 0. The Balaban J connectivity index is 2.10. The molecule has 1 atom stereocenters. The fourth-order valence-corrected chi connectivity index (χ4v) is 2.37. The van der Waals surface area contributed by atoms with Crippen molar-refractivity contribution < 1.29 is 4.79 Å². The first-order valence-corrected chi connectivity index (χ1v) is 6.87. The van der Waals surface area contributed by atoms with Gasteiger partial charge in [-0.1, -0.05) is 6.92 Å². The SMILES string of the molecule is CSCCCCN1CCC(=O)C(C)C1. The summed E-state index contributed by atoms with van der Waals surface area (Å²) in [5, 5.41) is 0. The normalized spacial score (nSPS) is 24.1. The Bertz CT molecular complexity index is 184. The van der Waals surface area contributed by atoms with Crippen LogP contribution in [0.3, 0.4) is 0 Å². The maximum atomic E-state index is 11.3. The first kappa shape index (κ1) is 12.1. The zero-order chi connectivity index (χ0) is 10.4. The van der Waals surface area contributed by atoms with Crippen molar-refractivity contribution in [1.82, 2.24) is 4.90 Å². The fraction of sp³-hybridized carbons (Fsp3) is 0.909. The molecule has 0 radical (unpaired) electrons. The molecule has 1 unspecified atom stereocenters. The molecule has 1 saturated heterocycles. The molecular weight excluding hydrogens is 194 g/mol. The summed E-state index contributed by atoms with van der Waals surface area (Å²) in [5.74, 6) is 1.98. The van der Waals surface area contributed by atoms with Crippen LogP contribution in [0.5, 0.6) is 0 Å². The van der Waals surface area contributed by atoms with Crippen LogP contribution in [-0.4, -0.2) is 42.3 Å². The van der Waals surface area contributed by atoms with Gasteiger partial charge in [-0.25, -0.2) is 0 Å². The number of rotatable bonds is 5. The van der Waals surface area contributed by atoms with Crippen molar-refractivity contribution in [3.63, 3.8) is 0 Å². The summed E-state index contributed by atoms with van der Waals surface area (Å²) in [7, 11) is 0. The monoisotopic (exact) mass is 215 g/mol. The van der Waals surface area contributed by atoms with E-state index in [4.69, 9.17) is 0 Å². The second kappa shape index (κ2) is 6.46. The van der Waals surface area contributed by atoms with Gasteiger partial charge in [0.15, 0.2) is 0 Å². The van der Waals surface area contributed by atoms with Gasteiger partial charge >= 0.3 is 0 Å². The molecule has 0 N–H and O–H groups in total. The van der Waals surface area contributed by atoms with E-state index in [1.165, 1.54) is 25.1 Å². The maximum Gasteiger partial charge on any atom is 0.138 e. The van der Waals surface area contributed by atoms with E-state index in [1.807, 2.05) is 11.8 Å². The molecule has 1 aliphatic rings. The van der Waals surface area contributed by atoms with E-state index in [1.54, 1.807) is 0 Å². The van der Waals surface area contributed by atoms with Crippen LogP contribution < -0.4 is 0 Å². The van der Waals surface area contributed by atoms with Crippen molar-refractivity contribution >= 4 is 17.5 Å². The molecule has 0 aliphatic carbocycles. The van der Waals surface area contributed by atoms with Gasteiger partial charge in [-0.3, -0.25) is 4.79 Å². The lowest BCUT2D eigenvalue weighted by Crippen LogP contribution is -2.39. The summed E-state index contributed by atoms with van der Waals surface area (Å²) >= 11 is 1.92.